The molecule has 37 heavy (non-hydrogen) atoms. The summed E-state index contributed by atoms with van der Waals surface area (Å²) >= 11 is 0. The zero-order valence-electron chi connectivity index (χ0n) is 19.9. The number of β-amino-alcohol motifs (C(OH)–C–C–N with tert-alkyl or cyclic N) is 1. The van der Waals surface area contributed by atoms with Crippen molar-refractivity contribution in [3.8, 4) is 11.9 Å². The summed E-state index contributed by atoms with van der Waals surface area (Å²) in [7, 11) is 1.94. The second-order valence-corrected chi connectivity index (χ2v) is 9.43. The van der Waals surface area contributed by atoms with Crippen LogP contribution in [0.3, 0.4) is 0 Å². The van der Waals surface area contributed by atoms with E-state index in [9.17, 15) is 19.1 Å². The summed E-state index contributed by atoms with van der Waals surface area (Å²) < 4.78 is 35.8. The highest BCUT2D eigenvalue weighted by molar-refractivity contribution is 5.96. The predicted molar refractivity (Wildman–Crippen MR) is 136 cm³/mol. The van der Waals surface area contributed by atoms with Crippen LogP contribution < -0.4 is 10.1 Å². The molecule has 0 unspecified atom stereocenters. The van der Waals surface area contributed by atoms with Crippen molar-refractivity contribution in [3.05, 3.63) is 88.5 Å². The molecule has 2 atom stereocenters. The number of aromatic nitrogens is 2. The summed E-state index contributed by atoms with van der Waals surface area (Å²) in [5.41, 5.74) is 5.17. The van der Waals surface area contributed by atoms with E-state index < -0.39 is 11.9 Å². The number of aliphatic hydroxyl groups excluding tert-OH is 1. The molecule has 186 valence electrons. The molecule has 0 amide bonds. The van der Waals surface area contributed by atoms with Crippen LogP contribution in [0.1, 0.15) is 28.3 Å². The number of hydrogen-bond acceptors (Lipinski definition) is 6. The highest BCUT2D eigenvalue weighted by Crippen LogP contribution is 2.39. The van der Waals surface area contributed by atoms with Crippen LogP contribution in [0.25, 0.3) is 22.7 Å². The third-order valence-electron chi connectivity index (χ3n) is 6.94. The molecule has 0 aliphatic carbocycles. The number of nitrogens with zero attached hydrogens (tertiary/aromatic N) is 4. The van der Waals surface area contributed by atoms with Gasteiger partial charge in [0, 0.05) is 30.3 Å². The van der Waals surface area contributed by atoms with E-state index in [2.05, 4.69) is 10.3 Å². The van der Waals surface area contributed by atoms with E-state index in [1.54, 1.807) is 12.1 Å². The van der Waals surface area contributed by atoms with Crippen LogP contribution in [0.15, 0.2) is 54.6 Å². The number of nitrogens with one attached hydrogen (secondary N) is 1. The van der Waals surface area contributed by atoms with Gasteiger partial charge < -0.3 is 19.3 Å². The molecule has 1 aromatic heterocycles. The Morgan fingerprint density at radius 2 is 1.86 bits per heavy atom. The summed E-state index contributed by atoms with van der Waals surface area (Å²) in [6.45, 7) is 1.27. The van der Waals surface area contributed by atoms with Crippen LogP contribution >= 0.6 is 0 Å². The molecule has 3 heterocycles. The molecule has 0 radical (unpaired) electrons. The number of halogens is 2. The van der Waals surface area contributed by atoms with E-state index in [-0.39, 0.29) is 18.5 Å². The van der Waals surface area contributed by atoms with Gasteiger partial charge in [-0.2, -0.15) is 5.26 Å². The van der Waals surface area contributed by atoms with Crippen LogP contribution in [0, 0.1) is 23.1 Å². The molecule has 9 heteroatoms. The van der Waals surface area contributed by atoms with Crippen LogP contribution in [-0.4, -0.2) is 45.8 Å². The molecule has 4 aromatic rings. The molecule has 6 rings (SSSR count). The maximum Gasteiger partial charge on any atom is 0.217 e. The molecule has 7 nitrogen and oxygen atoms in total. The number of ether oxygens (including phenoxy) is 1. The summed E-state index contributed by atoms with van der Waals surface area (Å²) in [6.07, 6.45) is 3.28. The number of anilines is 1. The first-order chi connectivity index (χ1) is 17.9. The van der Waals surface area contributed by atoms with E-state index in [4.69, 9.17) is 4.74 Å². The van der Waals surface area contributed by atoms with Gasteiger partial charge >= 0.3 is 0 Å². The van der Waals surface area contributed by atoms with Crippen molar-refractivity contribution in [1.29, 1.82) is 5.26 Å². The van der Waals surface area contributed by atoms with Crippen LogP contribution in [0.2, 0.25) is 0 Å². The van der Waals surface area contributed by atoms with Crippen molar-refractivity contribution in [2.45, 2.75) is 18.8 Å². The number of benzene rings is 3. The monoisotopic (exact) mass is 499 g/mol. The van der Waals surface area contributed by atoms with Gasteiger partial charge in [0.15, 0.2) is 6.19 Å². The van der Waals surface area contributed by atoms with Gasteiger partial charge in [-0.15, -0.1) is 0 Å². The van der Waals surface area contributed by atoms with Gasteiger partial charge in [-0.3, -0.25) is 5.32 Å². The largest absolute Gasteiger partial charge is 0.488 e. The van der Waals surface area contributed by atoms with Crippen molar-refractivity contribution in [2.24, 2.45) is 0 Å². The number of fused-ring (bicyclic) bond motifs is 3. The fraction of sp³-hybridized carbons (Fsp3) is 0.214. The second-order valence-electron chi connectivity index (χ2n) is 9.43. The zero-order valence-corrected chi connectivity index (χ0v) is 19.9. The summed E-state index contributed by atoms with van der Waals surface area (Å²) in [5, 5.41) is 22.6. The SMILES string of the molecule is CN1C[C@@H](O)[C@@H](n2c(NC#N)nc3cc(/C=C4\c5ccc(F)cc5COc5cc(F)ccc54)ccc32)C1. The highest BCUT2D eigenvalue weighted by atomic mass is 19.1. The molecule has 2 N–H and O–H groups in total. The highest BCUT2D eigenvalue weighted by Gasteiger charge is 2.33. The first-order valence-corrected chi connectivity index (χ1v) is 11.9. The van der Waals surface area contributed by atoms with Gasteiger partial charge in [-0.25, -0.2) is 13.8 Å². The first-order valence-electron chi connectivity index (χ1n) is 11.9. The molecule has 0 bridgehead atoms. The smallest absolute Gasteiger partial charge is 0.217 e. The van der Waals surface area contributed by atoms with Gasteiger partial charge in [0.1, 0.15) is 24.0 Å². The normalized spacial score (nSPS) is 20.2. The lowest BCUT2D eigenvalue weighted by Crippen LogP contribution is -2.23. The Morgan fingerprint density at radius 1 is 1.08 bits per heavy atom. The summed E-state index contributed by atoms with van der Waals surface area (Å²) in [6, 6.07) is 14.4. The van der Waals surface area contributed by atoms with E-state index in [0.717, 1.165) is 22.2 Å². The topological polar surface area (TPSA) is 86.3 Å². The molecule has 2 aliphatic rings. The van der Waals surface area contributed by atoms with Gasteiger partial charge in [0.2, 0.25) is 5.95 Å². The third-order valence-corrected chi connectivity index (χ3v) is 6.94. The zero-order chi connectivity index (χ0) is 25.7. The van der Waals surface area contributed by atoms with Crippen molar-refractivity contribution in [2.75, 3.05) is 25.5 Å². The lowest BCUT2D eigenvalue weighted by Gasteiger charge is -2.18. The summed E-state index contributed by atoms with van der Waals surface area (Å²) in [4.78, 5) is 6.67. The lowest BCUT2D eigenvalue weighted by atomic mass is 9.92. The van der Waals surface area contributed by atoms with Crippen molar-refractivity contribution >= 4 is 28.6 Å². The van der Waals surface area contributed by atoms with Crippen LogP contribution in [0.4, 0.5) is 14.7 Å². The van der Waals surface area contributed by atoms with Crippen LogP contribution in [0.5, 0.6) is 5.75 Å². The Balaban J connectivity index is 1.51. The fourth-order valence-corrected chi connectivity index (χ4v) is 5.30. The molecule has 3 aromatic carbocycles. The quantitative estimate of drug-likeness (QED) is 0.318. The number of rotatable bonds is 3. The Labute approximate surface area is 211 Å². The summed E-state index contributed by atoms with van der Waals surface area (Å²) in [5.74, 6) is -0.0400. The Morgan fingerprint density at radius 3 is 2.62 bits per heavy atom. The minimum Gasteiger partial charge on any atom is -0.488 e. The van der Waals surface area contributed by atoms with Crippen LogP contribution in [-0.2, 0) is 6.61 Å². The Hall–Kier alpha value is -4.26. The molecule has 0 saturated carbocycles. The predicted octanol–water partition coefficient (Wildman–Crippen LogP) is 4.54. The number of likely N-dealkylation sites (tertiary alicyclic amines) is 1. The number of nitriles is 1. The van der Waals surface area contributed by atoms with Crippen molar-refractivity contribution in [3.63, 3.8) is 0 Å². The van der Waals surface area contributed by atoms with Crippen molar-refractivity contribution in [1.82, 2.24) is 14.5 Å². The number of hydrogen-bond donors (Lipinski definition) is 2. The number of aliphatic hydroxyl groups is 1. The number of imidazole rings is 1. The van der Waals surface area contributed by atoms with E-state index >= 15 is 0 Å². The fourth-order valence-electron chi connectivity index (χ4n) is 5.30. The average molecular weight is 500 g/mol. The Kier molecular flexibility index (Phi) is 5.63. The molecule has 1 fully saturated rings. The van der Waals surface area contributed by atoms with Gasteiger partial charge in [-0.05, 0) is 66.2 Å². The maximum absolute atomic E-state index is 14.0. The van der Waals surface area contributed by atoms with E-state index in [0.29, 0.717) is 41.4 Å². The molecule has 2 aliphatic heterocycles. The van der Waals surface area contributed by atoms with E-state index in [1.165, 1.54) is 24.3 Å². The molecule has 1 saturated heterocycles. The second kappa shape index (κ2) is 9.00. The molecule has 0 spiro atoms. The minimum absolute atomic E-state index is 0.117. The van der Waals surface area contributed by atoms with Crippen molar-refractivity contribution < 1.29 is 18.6 Å². The van der Waals surface area contributed by atoms with Gasteiger partial charge in [0.05, 0.1) is 23.2 Å². The molecular formula is C28H23F2N5O2. The number of likely N-dealkylation sites (N-methyl/N-ethyl adjacent to an activating group) is 1. The minimum atomic E-state index is -0.594. The molecular weight excluding hydrogens is 476 g/mol. The lowest BCUT2D eigenvalue weighted by molar-refractivity contribution is 0.148. The average Bonchev–Trinajstić information content (AvgIpc) is 3.34. The third kappa shape index (κ3) is 4.10. The van der Waals surface area contributed by atoms with Gasteiger partial charge in [-0.1, -0.05) is 12.1 Å². The van der Waals surface area contributed by atoms with E-state index in [1.807, 2.05) is 47.0 Å². The standard InChI is InChI=1S/C28H23F2N5O2/c1-34-12-25(26(36)13-34)35-24-7-2-16(9-23(24)33-28(35)32-15-31)8-22-20-5-3-18(29)10-17(20)14-37-27-11-19(30)4-6-21(22)27/h2-11,25-26,36H,12-14H2,1H3,(H,32,33)/b22-8+/t25-,26+/m0/s1. The van der Waals surface area contributed by atoms with Gasteiger partial charge in [0.25, 0.3) is 0 Å². The first kappa shape index (κ1) is 23.2. The Bertz CT molecular complexity index is 1550. The maximum atomic E-state index is 14.0.